The molecule has 2 heterocycles. The van der Waals surface area contributed by atoms with Crippen molar-refractivity contribution in [3.8, 4) is 44.5 Å². The number of anilines is 3. The van der Waals surface area contributed by atoms with Gasteiger partial charge in [-0.2, -0.15) is 0 Å². The molecule has 0 aliphatic heterocycles. The van der Waals surface area contributed by atoms with Crippen molar-refractivity contribution in [2.24, 2.45) is 0 Å². The van der Waals surface area contributed by atoms with E-state index in [2.05, 4.69) is 157 Å². The van der Waals surface area contributed by atoms with Gasteiger partial charge in [-0.1, -0.05) is 182 Å². The summed E-state index contributed by atoms with van der Waals surface area (Å²) in [6.45, 7) is 0. The van der Waals surface area contributed by atoms with E-state index in [-0.39, 0.29) is 29.7 Å². The van der Waals surface area contributed by atoms with Crippen molar-refractivity contribution in [2.75, 3.05) is 4.90 Å². The Hall–Kier alpha value is -7.72. The Labute approximate surface area is 364 Å². The summed E-state index contributed by atoms with van der Waals surface area (Å²) in [5, 5.41) is 6.36. The number of hydrogen-bond donors (Lipinski definition) is 0. The summed E-state index contributed by atoms with van der Waals surface area (Å²) < 4.78 is 51.8. The quantitative estimate of drug-likeness (QED) is 0.160. The molecular weight excluding hydrogens is 759 g/mol. The molecule has 12 aromatic rings. The third kappa shape index (κ3) is 6.01. The molecule has 0 spiro atoms. The van der Waals surface area contributed by atoms with E-state index in [0.29, 0.717) is 5.56 Å². The second-order valence-corrected chi connectivity index (χ2v) is 16.3. The molecule has 2 nitrogen and oxygen atoms in total. The topological polar surface area (TPSA) is 16.4 Å². The van der Waals surface area contributed by atoms with Gasteiger partial charge in [-0.15, -0.1) is 11.3 Å². The van der Waals surface area contributed by atoms with Crippen molar-refractivity contribution in [1.29, 1.82) is 0 Å². The average molecular weight is 801 g/mol. The second-order valence-electron chi connectivity index (χ2n) is 15.2. The zero-order valence-electron chi connectivity index (χ0n) is 37.7. The molecule has 0 N–H and O–H groups in total. The molecule has 0 bridgehead atoms. The van der Waals surface area contributed by atoms with Crippen LogP contribution >= 0.6 is 11.3 Å². The molecule has 0 unspecified atom stereocenters. The Morgan fingerprint density at radius 3 is 1.66 bits per heavy atom. The highest BCUT2D eigenvalue weighted by Crippen LogP contribution is 2.45. The Morgan fingerprint density at radius 1 is 0.361 bits per heavy atom. The SMILES string of the molecule is [2H]c1c([2H])c([2H])c(-c2ccc(-c3ccc(N(c4ccc(-c5ccc6c(c5)sc5ccccc56)cc4)c4cccc5c4oc4c(-c6ccccc6)cccc45)cc3)c3ccccc23)c([2H])c1[2H]. The first kappa shape index (κ1) is 30.3. The first-order valence-corrected chi connectivity index (χ1v) is 21.1. The Balaban J connectivity index is 0.991. The molecule has 0 atom stereocenters. The van der Waals surface area contributed by atoms with Crippen LogP contribution in [0, 0.1) is 0 Å². The highest BCUT2D eigenvalue weighted by atomic mass is 32.1. The lowest BCUT2D eigenvalue weighted by Gasteiger charge is -2.26. The normalized spacial score (nSPS) is 12.8. The van der Waals surface area contributed by atoms with Crippen LogP contribution < -0.4 is 4.90 Å². The van der Waals surface area contributed by atoms with Crippen LogP contribution in [0.1, 0.15) is 6.85 Å². The summed E-state index contributed by atoms with van der Waals surface area (Å²) >= 11 is 1.82. The molecule has 0 radical (unpaired) electrons. The zero-order chi connectivity index (χ0) is 44.6. The molecule has 12 rings (SSSR count). The molecule has 0 saturated carbocycles. The minimum absolute atomic E-state index is 0.192. The number of thiophene rings is 1. The highest BCUT2D eigenvalue weighted by Gasteiger charge is 2.21. The molecule has 0 aliphatic rings. The fourth-order valence-electron chi connectivity index (χ4n) is 8.91. The lowest BCUT2D eigenvalue weighted by Crippen LogP contribution is -2.10. The minimum Gasteiger partial charge on any atom is -0.453 e. The van der Waals surface area contributed by atoms with Crippen molar-refractivity contribution in [3.63, 3.8) is 0 Å². The number of fused-ring (bicyclic) bond motifs is 7. The number of furan rings is 1. The van der Waals surface area contributed by atoms with E-state index >= 15 is 0 Å². The maximum Gasteiger partial charge on any atom is 0.159 e. The number of hydrogen-bond acceptors (Lipinski definition) is 3. The van der Waals surface area contributed by atoms with Crippen LogP contribution in [-0.2, 0) is 0 Å². The molecule has 10 aromatic carbocycles. The monoisotopic (exact) mass is 800 g/mol. The van der Waals surface area contributed by atoms with Crippen molar-refractivity contribution in [3.05, 3.63) is 224 Å². The number of para-hydroxylation sites is 2. The summed E-state index contributed by atoms with van der Waals surface area (Å²) in [6.07, 6.45) is 0. The van der Waals surface area contributed by atoms with Gasteiger partial charge in [0, 0.05) is 47.9 Å². The summed E-state index contributed by atoms with van der Waals surface area (Å²) in [4.78, 5) is 2.26. The van der Waals surface area contributed by atoms with Gasteiger partial charge in [0.1, 0.15) is 5.58 Å². The molecule has 286 valence electrons. The van der Waals surface area contributed by atoms with Gasteiger partial charge < -0.3 is 9.32 Å². The van der Waals surface area contributed by atoms with E-state index in [9.17, 15) is 0 Å². The van der Waals surface area contributed by atoms with Crippen LogP contribution in [0.2, 0.25) is 0 Å². The second kappa shape index (κ2) is 14.5. The van der Waals surface area contributed by atoms with Gasteiger partial charge in [0.2, 0.25) is 0 Å². The lowest BCUT2D eigenvalue weighted by molar-refractivity contribution is 0.670. The largest absolute Gasteiger partial charge is 0.453 e. The maximum absolute atomic E-state index is 8.72. The highest BCUT2D eigenvalue weighted by molar-refractivity contribution is 7.25. The van der Waals surface area contributed by atoms with Crippen molar-refractivity contribution >= 4 is 81.3 Å². The fraction of sp³-hybridized carbons (Fsp3) is 0. The fourth-order valence-corrected chi connectivity index (χ4v) is 10.1. The van der Waals surface area contributed by atoms with Crippen molar-refractivity contribution in [2.45, 2.75) is 0 Å². The predicted molar refractivity (Wildman–Crippen MR) is 261 cm³/mol. The molecule has 0 fully saturated rings. The third-order valence-electron chi connectivity index (χ3n) is 11.8. The first-order valence-electron chi connectivity index (χ1n) is 22.8. The molecule has 3 heteroatoms. The van der Waals surface area contributed by atoms with Crippen LogP contribution in [0.15, 0.2) is 229 Å². The van der Waals surface area contributed by atoms with Crippen LogP contribution in [0.3, 0.4) is 0 Å². The van der Waals surface area contributed by atoms with Crippen LogP contribution in [0.25, 0.3) is 97.4 Å². The first-order chi connectivity index (χ1) is 32.3. The van der Waals surface area contributed by atoms with Gasteiger partial charge in [0.25, 0.3) is 0 Å². The lowest BCUT2D eigenvalue weighted by atomic mass is 9.92. The van der Waals surface area contributed by atoms with E-state index in [0.717, 1.165) is 83.2 Å². The molecule has 0 aliphatic carbocycles. The van der Waals surface area contributed by atoms with Crippen LogP contribution in [0.5, 0.6) is 0 Å². The van der Waals surface area contributed by atoms with E-state index in [1.807, 2.05) is 53.8 Å². The van der Waals surface area contributed by atoms with Gasteiger partial charge >= 0.3 is 0 Å². The summed E-state index contributed by atoms with van der Waals surface area (Å²) in [5.74, 6) is 0. The third-order valence-corrected chi connectivity index (χ3v) is 12.9. The van der Waals surface area contributed by atoms with Gasteiger partial charge in [-0.3, -0.25) is 0 Å². The maximum atomic E-state index is 8.72. The van der Waals surface area contributed by atoms with Crippen LogP contribution in [0.4, 0.5) is 17.1 Å². The standard InChI is InChI=1S/C58H37NOS/c1-3-13-39(14-4-1)45-35-36-46(49-18-8-7-17-48(45)49)41-27-32-44(33-28-41)59(43-30-25-38(26-31-43)42-29-34-51-50-19-9-10-24-55(50)61-56(51)37-42)54-23-12-22-53-52-21-11-20-47(57(52)60-58(53)54)40-15-5-2-6-16-40/h1-37H/i1D,3D,4D,13D,14D. The van der Waals surface area contributed by atoms with Crippen molar-refractivity contribution in [1.82, 2.24) is 0 Å². The van der Waals surface area contributed by atoms with Gasteiger partial charge in [-0.25, -0.2) is 0 Å². The van der Waals surface area contributed by atoms with Gasteiger partial charge in [0.05, 0.1) is 12.5 Å². The van der Waals surface area contributed by atoms with E-state index in [1.54, 1.807) is 0 Å². The van der Waals surface area contributed by atoms with Crippen molar-refractivity contribution < 1.29 is 11.3 Å². The Bertz CT molecular complexity index is 3850. The van der Waals surface area contributed by atoms with E-state index < -0.39 is 6.04 Å². The van der Waals surface area contributed by atoms with Crippen LogP contribution in [-0.4, -0.2) is 0 Å². The van der Waals surface area contributed by atoms with E-state index in [1.165, 1.54) is 20.2 Å². The molecule has 2 aromatic heterocycles. The van der Waals surface area contributed by atoms with Gasteiger partial charge in [-0.05, 0) is 92.2 Å². The van der Waals surface area contributed by atoms with E-state index in [4.69, 9.17) is 11.3 Å². The average Bonchev–Trinajstić information content (AvgIpc) is 3.95. The number of benzene rings is 10. The summed E-state index contributed by atoms with van der Waals surface area (Å²) in [6, 6.07) is 65.8. The number of nitrogens with zero attached hydrogens (tertiary/aromatic N) is 1. The predicted octanol–water partition coefficient (Wildman–Crippen LogP) is 17.2. The zero-order valence-corrected chi connectivity index (χ0v) is 33.6. The Kier molecular flexibility index (Phi) is 7.23. The summed E-state index contributed by atoms with van der Waals surface area (Å²) in [7, 11) is 0. The summed E-state index contributed by atoms with van der Waals surface area (Å²) in [5.41, 5.74) is 11.6. The van der Waals surface area contributed by atoms with Gasteiger partial charge in [0.15, 0.2) is 5.58 Å². The Morgan fingerprint density at radius 2 is 0.918 bits per heavy atom. The minimum atomic E-state index is -0.405. The molecule has 0 amide bonds. The molecular formula is C58H37NOS. The number of rotatable bonds is 7. The molecule has 0 saturated heterocycles. The smallest absolute Gasteiger partial charge is 0.159 e. The molecule has 61 heavy (non-hydrogen) atoms.